The Bertz CT molecular complexity index is 975. The van der Waals surface area contributed by atoms with Crippen LogP contribution >= 0.6 is 11.3 Å². The number of amides is 3. The molecular weight excluding hydrogens is 432 g/mol. The molecule has 2 heterocycles. The van der Waals surface area contributed by atoms with Gasteiger partial charge in [-0.3, -0.25) is 14.4 Å². The summed E-state index contributed by atoms with van der Waals surface area (Å²) in [4.78, 5) is 49.3. The summed E-state index contributed by atoms with van der Waals surface area (Å²) in [6, 6.07) is 5.53. The van der Waals surface area contributed by atoms with E-state index in [0.29, 0.717) is 5.75 Å². The van der Waals surface area contributed by atoms with Gasteiger partial charge in [-0.05, 0) is 42.7 Å². The average Bonchev–Trinajstić information content (AvgIpc) is 3.35. The van der Waals surface area contributed by atoms with Crippen LogP contribution < -0.4 is 15.6 Å². The summed E-state index contributed by atoms with van der Waals surface area (Å²) in [6.07, 6.45) is -0.739. The van der Waals surface area contributed by atoms with Crippen LogP contribution in [0.2, 0.25) is 0 Å². The van der Waals surface area contributed by atoms with E-state index < -0.39 is 30.0 Å². The van der Waals surface area contributed by atoms with Gasteiger partial charge < -0.3 is 20.2 Å². The van der Waals surface area contributed by atoms with E-state index in [1.807, 2.05) is 19.1 Å². The first-order valence-electron chi connectivity index (χ1n) is 10.4. The topological polar surface area (TPSA) is 121 Å². The molecule has 0 spiro atoms. The molecule has 1 unspecified atom stereocenters. The molecule has 1 aliphatic rings. The van der Waals surface area contributed by atoms with E-state index in [-0.39, 0.29) is 24.8 Å². The second kappa shape index (κ2) is 10.1. The Balaban J connectivity index is 1.64. The van der Waals surface area contributed by atoms with E-state index in [0.717, 1.165) is 16.1 Å². The number of nitrogens with one attached hydrogen (secondary N) is 2. The third-order valence-electron chi connectivity index (χ3n) is 5.29. The van der Waals surface area contributed by atoms with Crippen molar-refractivity contribution in [2.45, 2.75) is 52.3 Å². The van der Waals surface area contributed by atoms with Crippen LogP contribution in [0.5, 0.6) is 5.75 Å². The number of aryl methyl sites for hydroxylation is 1. The maximum absolute atomic E-state index is 13.0. The number of hydroxylamine groups is 1. The number of aromatic nitrogens is 1. The van der Waals surface area contributed by atoms with Crippen molar-refractivity contribution in [2.24, 2.45) is 5.92 Å². The highest BCUT2D eigenvalue weighted by molar-refractivity contribution is 7.13. The number of benzene rings is 1. The Labute approximate surface area is 190 Å². The van der Waals surface area contributed by atoms with Crippen LogP contribution in [0.1, 0.15) is 32.9 Å². The quantitative estimate of drug-likeness (QED) is 0.541. The monoisotopic (exact) mass is 460 g/mol. The molecule has 1 aromatic heterocycles. The zero-order valence-corrected chi connectivity index (χ0v) is 19.3. The molecule has 10 heteroatoms. The number of aliphatic hydroxyl groups is 1. The summed E-state index contributed by atoms with van der Waals surface area (Å²) < 4.78 is 0. The van der Waals surface area contributed by atoms with Crippen LogP contribution in [0.25, 0.3) is 10.4 Å². The largest absolute Gasteiger partial charge is 0.391 e. The molecule has 3 N–H and O–H groups in total. The van der Waals surface area contributed by atoms with Crippen LogP contribution in [-0.2, 0) is 14.4 Å². The second-order valence-electron chi connectivity index (χ2n) is 8.18. The smallest absolute Gasteiger partial charge is 0.275 e. The zero-order chi connectivity index (χ0) is 23.4. The molecule has 3 rings (SSSR count). The number of rotatable bonds is 7. The fourth-order valence-corrected chi connectivity index (χ4v) is 4.46. The second-order valence-corrected chi connectivity index (χ2v) is 9.03. The van der Waals surface area contributed by atoms with Gasteiger partial charge in [0.05, 0.1) is 22.2 Å². The standard InChI is InChI=1S/C22H28N4O5S/c1-12(2)19(24-14(4)27)22(30)26-10-16(28)9-18(26)21(29)25-31-17-7-5-15(6-8-17)20-13(3)23-11-32-20/h5-8,11-12,16,18-19,28H,9-10H2,1-4H3,(H,24,27)(H,25,29)/t16-,18+,19?/m1/s1. The van der Waals surface area contributed by atoms with E-state index in [1.165, 1.54) is 11.8 Å². The predicted molar refractivity (Wildman–Crippen MR) is 120 cm³/mol. The molecule has 0 bridgehead atoms. The molecule has 32 heavy (non-hydrogen) atoms. The number of β-amino-alcohol motifs (C(OH)–C–C–N with tert-alkyl or cyclic N) is 1. The van der Waals surface area contributed by atoms with Crippen LogP contribution in [0.3, 0.4) is 0 Å². The first-order valence-corrected chi connectivity index (χ1v) is 11.3. The van der Waals surface area contributed by atoms with Gasteiger partial charge in [0.2, 0.25) is 11.8 Å². The van der Waals surface area contributed by atoms with E-state index in [4.69, 9.17) is 4.84 Å². The SMILES string of the molecule is CC(=O)NC(C(=O)N1C[C@H](O)C[C@H]1C(=O)NOc1ccc(-c2scnc2C)cc1)C(C)C. The van der Waals surface area contributed by atoms with Crippen molar-refractivity contribution in [3.05, 3.63) is 35.5 Å². The molecule has 3 atom stereocenters. The lowest BCUT2D eigenvalue weighted by Gasteiger charge is -2.29. The Morgan fingerprint density at radius 3 is 2.50 bits per heavy atom. The lowest BCUT2D eigenvalue weighted by molar-refractivity contribution is -0.144. The van der Waals surface area contributed by atoms with Crippen molar-refractivity contribution < 1.29 is 24.3 Å². The van der Waals surface area contributed by atoms with Crippen LogP contribution in [0, 0.1) is 12.8 Å². The third-order valence-corrected chi connectivity index (χ3v) is 6.27. The minimum Gasteiger partial charge on any atom is -0.391 e. The molecule has 3 amide bonds. The molecule has 9 nitrogen and oxygen atoms in total. The number of hydrogen-bond donors (Lipinski definition) is 3. The third kappa shape index (κ3) is 5.43. The summed E-state index contributed by atoms with van der Waals surface area (Å²) >= 11 is 1.55. The van der Waals surface area contributed by atoms with Gasteiger partial charge in [0, 0.05) is 19.9 Å². The summed E-state index contributed by atoms with van der Waals surface area (Å²) in [7, 11) is 0. The Kier molecular flexibility index (Phi) is 7.47. The molecule has 0 radical (unpaired) electrons. The zero-order valence-electron chi connectivity index (χ0n) is 18.5. The van der Waals surface area contributed by atoms with Gasteiger partial charge >= 0.3 is 0 Å². The fraction of sp³-hybridized carbons (Fsp3) is 0.455. The van der Waals surface area contributed by atoms with Crippen molar-refractivity contribution in [2.75, 3.05) is 6.54 Å². The number of thiazole rings is 1. The highest BCUT2D eigenvalue weighted by Crippen LogP contribution is 2.28. The number of likely N-dealkylation sites (tertiary alicyclic amines) is 1. The van der Waals surface area contributed by atoms with Gasteiger partial charge in [0.25, 0.3) is 5.91 Å². The van der Waals surface area contributed by atoms with E-state index in [1.54, 1.807) is 42.8 Å². The molecule has 0 saturated carbocycles. The van der Waals surface area contributed by atoms with E-state index in [9.17, 15) is 19.5 Å². The molecule has 0 aliphatic carbocycles. The van der Waals surface area contributed by atoms with Gasteiger partial charge in [-0.25, -0.2) is 4.98 Å². The molecule has 2 aromatic rings. The summed E-state index contributed by atoms with van der Waals surface area (Å²) in [6.45, 7) is 6.90. The van der Waals surface area contributed by atoms with Crippen molar-refractivity contribution in [1.29, 1.82) is 0 Å². The number of hydrogen-bond acceptors (Lipinski definition) is 7. The molecule has 1 aliphatic heterocycles. The van der Waals surface area contributed by atoms with Crippen molar-refractivity contribution >= 4 is 29.1 Å². The molecule has 1 aromatic carbocycles. The summed E-state index contributed by atoms with van der Waals surface area (Å²) in [5.41, 5.74) is 6.11. The Morgan fingerprint density at radius 1 is 1.25 bits per heavy atom. The lowest BCUT2D eigenvalue weighted by atomic mass is 10.0. The molecule has 1 saturated heterocycles. The van der Waals surface area contributed by atoms with Gasteiger partial charge in [-0.1, -0.05) is 13.8 Å². The van der Waals surface area contributed by atoms with Crippen LogP contribution in [-0.4, -0.2) is 57.4 Å². The van der Waals surface area contributed by atoms with Gasteiger partial charge in [0.1, 0.15) is 12.1 Å². The summed E-state index contributed by atoms with van der Waals surface area (Å²) in [5.74, 6) is -1.03. The van der Waals surface area contributed by atoms with Crippen LogP contribution in [0.15, 0.2) is 29.8 Å². The highest BCUT2D eigenvalue weighted by Gasteiger charge is 2.42. The van der Waals surface area contributed by atoms with E-state index in [2.05, 4.69) is 15.8 Å². The van der Waals surface area contributed by atoms with Gasteiger partial charge in [-0.15, -0.1) is 11.3 Å². The van der Waals surface area contributed by atoms with Gasteiger partial charge in [-0.2, -0.15) is 5.48 Å². The van der Waals surface area contributed by atoms with Crippen molar-refractivity contribution in [3.63, 3.8) is 0 Å². The molecular formula is C22H28N4O5S. The maximum Gasteiger partial charge on any atom is 0.275 e. The lowest BCUT2D eigenvalue weighted by Crippen LogP contribution is -2.55. The molecule has 172 valence electrons. The molecule has 1 fully saturated rings. The minimum atomic E-state index is -0.897. The Hall–Kier alpha value is -2.98. The highest BCUT2D eigenvalue weighted by atomic mass is 32.1. The first kappa shape index (κ1) is 23.7. The Morgan fingerprint density at radius 2 is 1.94 bits per heavy atom. The van der Waals surface area contributed by atoms with Crippen molar-refractivity contribution in [3.8, 4) is 16.2 Å². The first-order chi connectivity index (χ1) is 15.2. The average molecular weight is 461 g/mol. The number of carbonyl (C=O) groups is 3. The van der Waals surface area contributed by atoms with Gasteiger partial charge in [0.15, 0.2) is 5.75 Å². The number of aliphatic hydroxyl groups excluding tert-OH is 1. The van der Waals surface area contributed by atoms with Crippen LogP contribution in [0.4, 0.5) is 0 Å². The van der Waals surface area contributed by atoms with Crippen molar-refractivity contribution in [1.82, 2.24) is 20.7 Å². The minimum absolute atomic E-state index is 0.0165. The normalized spacial score (nSPS) is 19.0. The van der Waals surface area contributed by atoms with E-state index >= 15 is 0 Å². The fourth-order valence-electron chi connectivity index (χ4n) is 3.65. The summed E-state index contributed by atoms with van der Waals surface area (Å²) in [5, 5.41) is 12.7. The number of nitrogens with zero attached hydrogens (tertiary/aromatic N) is 2. The predicted octanol–water partition coefficient (Wildman–Crippen LogP) is 1.65. The maximum atomic E-state index is 13.0. The number of carbonyl (C=O) groups excluding carboxylic acids is 3.